The monoisotopic (exact) mass is 329 g/mol. The second kappa shape index (κ2) is 7.45. The lowest BCUT2D eigenvalue weighted by Gasteiger charge is -2.40. The van der Waals surface area contributed by atoms with E-state index >= 15 is 0 Å². The van der Waals surface area contributed by atoms with Gasteiger partial charge in [0.25, 0.3) is 0 Å². The smallest absolute Gasteiger partial charge is 0.225 e. The Labute approximate surface area is 137 Å². The summed E-state index contributed by atoms with van der Waals surface area (Å²) in [5.74, 6) is 0.550. The van der Waals surface area contributed by atoms with Gasteiger partial charge in [-0.25, -0.2) is 0 Å². The van der Waals surface area contributed by atoms with Crippen molar-refractivity contribution in [2.45, 2.75) is 84.2 Å². The van der Waals surface area contributed by atoms with Crippen molar-refractivity contribution in [3.05, 3.63) is 0 Å². The molecule has 0 radical (unpaired) electrons. The summed E-state index contributed by atoms with van der Waals surface area (Å²) in [6.07, 6.45) is 2.21. The van der Waals surface area contributed by atoms with Crippen LogP contribution in [0.3, 0.4) is 0 Å². The van der Waals surface area contributed by atoms with E-state index in [-0.39, 0.29) is 35.6 Å². The molecule has 0 spiro atoms. The minimum atomic E-state index is -1.95. The van der Waals surface area contributed by atoms with Crippen LogP contribution in [-0.4, -0.2) is 38.1 Å². The molecule has 5 heteroatoms. The summed E-state index contributed by atoms with van der Waals surface area (Å²) in [4.78, 5) is 12.4. The lowest BCUT2D eigenvalue weighted by molar-refractivity contribution is -0.125. The molecule has 1 rings (SSSR count). The molecule has 0 aromatic carbocycles. The molecule has 0 aliphatic carbocycles. The van der Waals surface area contributed by atoms with Crippen molar-refractivity contribution >= 4 is 14.2 Å². The summed E-state index contributed by atoms with van der Waals surface area (Å²) in [5, 5.41) is 12.6. The molecule has 1 aliphatic heterocycles. The Balaban J connectivity index is 2.81. The summed E-state index contributed by atoms with van der Waals surface area (Å²) in [6, 6.07) is 0.252. The number of aliphatic hydroxyl groups is 1. The van der Waals surface area contributed by atoms with Crippen molar-refractivity contribution in [2.24, 2.45) is 11.8 Å². The summed E-state index contributed by atoms with van der Waals surface area (Å²) < 4.78 is 6.47. The van der Waals surface area contributed by atoms with E-state index in [1.165, 1.54) is 0 Å². The van der Waals surface area contributed by atoms with Gasteiger partial charge < -0.3 is 14.8 Å². The lowest BCUT2D eigenvalue weighted by atomic mass is 9.93. The molecule has 1 heterocycles. The predicted octanol–water partition coefficient (Wildman–Crippen LogP) is 3.31. The van der Waals surface area contributed by atoms with Gasteiger partial charge in [-0.05, 0) is 43.3 Å². The summed E-state index contributed by atoms with van der Waals surface area (Å²) >= 11 is 0. The number of hydrogen-bond donors (Lipinski definition) is 2. The van der Waals surface area contributed by atoms with Gasteiger partial charge in [-0.1, -0.05) is 34.6 Å². The summed E-state index contributed by atoms with van der Waals surface area (Å²) in [7, 11) is -1.95. The number of carbonyl (C=O) groups excluding carboxylic acids is 1. The van der Waals surface area contributed by atoms with Gasteiger partial charge in [-0.15, -0.1) is 0 Å². The minimum Gasteiger partial charge on any atom is -0.413 e. The van der Waals surface area contributed by atoms with Gasteiger partial charge in [-0.2, -0.15) is 0 Å². The van der Waals surface area contributed by atoms with E-state index < -0.39 is 8.32 Å². The third-order valence-corrected chi connectivity index (χ3v) is 9.60. The van der Waals surface area contributed by atoms with Crippen molar-refractivity contribution in [3.63, 3.8) is 0 Å². The zero-order chi connectivity index (χ0) is 17.1. The maximum Gasteiger partial charge on any atom is 0.225 e. The predicted molar refractivity (Wildman–Crippen MR) is 93.3 cm³/mol. The quantitative estimate of drug-likeness (QED) is 0.705. The van der Waals surface area contributed by atoms with Gasteiger partial charge in [0.2, 0.25) is 5.91 Å². The SMILES string of the molecule is CC(C)C[C@H]1C[C@H]([C@@H](CCO)O[Si](C)(C)C(C)(C)C)C(=O)N1. The molecule has 0 unspecified atom stereocenters. The van der Waals surface area contributed by atoms with E-state index in [1.807, 2.05) is 0 Å². The van der Waals surface area contributed by atoms with Crippen molar-refractivity contribution in [3.8, 4) is 0 Å². The number of amides is 1. The average Bonchev–Trinajstić information content (AvgIpc) is 2.66. The van der Waals surface area contributed by atoms with Gasteiger partial charge in [0.15, 0.2) is 8.32 Å². The fourth-order valence-electron chi connectivity index (χ4n) is 2.85. The molecule has 0 saturated carbocycles. The average molecular weight is 330 g/mol. The van der Waals surface area contributed by atoms with Gasteiger partial charge in [0.05, 0.1) is 12.0 Å². The Morgan fingerprint density at radius 3 is 2.41 bits per heavy atom. The van der Waals surface area contributed by atoms with Crippen molar-refractivity contribution in [2.75, 3.05) is 6.61 Å². The molecule has 2 N–H and O–H groups in total. The molecule has 4 nitrogen and oxygen atoms in total. The van der Waals surface area contributed by atoms with Crippen LogP contribution < -0.4 is 5.32 Å². The van der Waals surface area contributed by atoms with Crippen LogP contribution in [0.1, 0.15) is 53.9 Å². The number of aliphatic hydroxyl groups excluding tert-OH is 1. The van der Waals surface area contributed by atoms with Crippen molar-refractivity contribution < 1.29 is 14.3 Å². The maximum atomic E-state index is 12.4. The van der Waals surface area contributed by atoms with Gasteiger partial charge in [0.1, 0.15) is 0 Å². The number of carbonyl (C=O) groups is 1. The molecule has 3 atom stereocenters. The third kappa shape index (κ3) is 5.07. The molecule has 0 aromatic heterocycles. The third-order valence-electron chi connectivity index (χ3n) is 5.09. The molecular weight excluding hydrogens is 294 g/mol. The number of nitrogens with one attached hydrogen (secondary N) is 1. The maximum absolute atomic E-state index is 12.4. The van der Waals surface area contributed by atoms with Crippen LogP contribution in [-0.2, 0) is 9.22 Å². The second-order valence-corrected chi connectivity index (χ2v) is 13.4. The van der Waals surface area contributed by atoms with E-state index in [9.17, 15) is 9.90 Å². The van der Waals surface area contributed by atoms with E-state index in [0.717, 1.165) is 12.8 Å². The first-order valence-corrected chi connectivity index (χ1v) is 11.5. The topological polar surface area (TPSA) is 58.6 Å². The molecule has 0 aromatic rings. The molecule has 1 amide bonds. The first kappa shape index (κ1) is 19.7. The highest BCUT2D eigenvalue weighted by molar-refractivity contribution is 6.74. The normalized spacial score (nSPS) is 24.7. The largest absolute Gasteiger partial charge is 0.413 e. The first-order valence-electron chi connectivity index (χ1n) is 8.57. The number of rotatable bonds is 7. The van der Waals surface area contributed by atoms with E-state index in [4.69, 9.17) is 4.43 Å². The van der Waals surface area contributed by atoms with Gasteiger partial charge in [0, 0.05) is 12.6 Å². The fourth-order valence-corrected chi connectivity index (χ4v) is 4.24. The lowest BCUT2D eigenvalue weighted by Crippen LogP contribution is -2.47. The van der Waals surface area contributed by atoms with Crippen LogP contribution in [0, 0.1) is 11.8 Å². The van der Waals surface area contributed by atoms with E-state index in [0.29, 0.717) is 12.3 Å². The van der Waals surface area contributed by atoms with Crippen molar-refractivity contribution in [1.82, 2.24) is 5.32 Å². The van der Waals surface area contributed by atoms with Crippen LogP contribution in [0.5, 0.6) is 0 Å². The van der Waals surface area contributed by atoms with Crippen molar-refractivity contribution in [1.29, 1.82) is 0 Å². The zero-order valence-corrected chi connectivity index (χ0v) is 16.4. The highest BCUT2D eigenvalue weighted by Crippen LogP contribution is 2.39. The Morgan fingerprint density at radius 1 is 1.36 bits per heavy atom. The molecule has 1 aliphatic rings. The minimum absolute atomic E-state index is 0.0674. The zero-order valence-electron chi connectivity index (χ0n) is 15.4. The van der Waals surface area contributed by atoms with Gasteiger partial charge >= 0.3 is 0 Å². The molecule has 1 saturated heterocycles. The Morgan fingerprint density at radius 2 is 1.95 bits per heavy atom. The molecule has 130 valence electrons. The molecule has 22 heavy (non-hydrogen) atoms. The summed E-state index contributed by atoms with van der Waals surface area (Å²) in [5.41, 5.74) is 0. The Bertz CT molecular complexity index is 377. The molecular formula is C17H35NO3Si. The standard InChI is InChI=1S/C17H35NO3Si/c1-12(2)10-13-11-14(16(20)18-13)15(8-9-19)21-22(6,7)17(3,4)5/h12-15,19H,8-11H2,1-7H3,(H,18,20)/t13-,14+,15+/m0/s1. The summed E-state index contributed by atoms with van der Waals surface area (Å²) in [6.45, 7) is 15.4. The second-order valence-electron chi connectivity index (χ2n) is 8.61. The highest BCUT2D eigenvalue weighted by Gasteiger charge is 2.44. The van der Waals surface area contributed by atoms with Crippen LogP contribution >= 0.6 is 0 Å². The molecule has 1 fully saturated rings. The van der Waals surface area contributed by atoms with E-state index in [1.54, 1.807) is 0 Å². The van der Waals surface area contributed by atoms with E-state index in [2.05, 4.69) is 53.0 Å². The van der Waals surface area contributed by atoms with Crippen LogP contribution in [0.25, 0.3) is 0 Å². The van der Waals surface area contributed by atoms with Crippen LogP contribution in [0.2, 0.25) is 18.1 Å². The van der Waals surface area contributed by atoms with Crippen LogP contribution in [0.15, 0.2) is 0 Å². The molecule has 0 bridgehead atoms. The Hall–Kier alpha value is -0.393. The van der Waals surface area contributed by atoms with Crippen LogP contribution in [0.4, 0.5) is 0 Å². The first-order chi connectivity index (χ1) is 9.98. The number of hydrogen-bond acceptors (Lipinski definition) is 3. The highest BCUT2D eigenvalue weighted by atomic mass is 28.4. The Kier molecular flexibility index (Phi) is 6.66. The fraction of sp³-hybridized carbons (Fsp3) is 0.941. The van der Waals surface area contributed by atoms with Gasteiger partial charge in [-0.3, -0.25) is 4.79 Å².